The molecule has 2 aromatic rings. The van der Waals surface area contributed by atoms with Crippen molar-refractivity contribution < 1.29 is 8.42 Å². The highest BCUT2D eigenvalue weighted by atomic mass is 32.2. The maximum absolute atomic E-state index is 11.9. The molecule has 6 nitrogen and oxygen atoms in total. The summed E-state index contributed by atoms with van der Waals surface area (Å²) < 4.78 is 26.2. The second-order valence-electron chi connectivity index (χ2n) is 3.63. The van der Waals surface area contributed by atoms with E-state index in [1.807, 2.05) is 6.92 Å². The Morgan fingerprint density at radius 2 is 1.94 bits per heavy atom. The van der Waals surface area contributed by atoms with Gasteiger partial charge in [0.25, 0.3) is 10.0 Å². The lowest BCUT2D eigenvalue weighted by atomic mass is 10.4. The number of anilines is 1. The van der Waals surface area contributed by atoms with Crippen molar-refractivity contribution in [1.29, 1.82) is 0 Å². The first-order valence-electron chi connectivity index (χ1n) is 4.94. The van der Waals surface area contributed by atoms with Crippen LogP contribution < -0.4 is 4.72 Å². The van der Waals surface area contributed by atoms with Crippen molar-refractivity contribution in [3.63, 3.8) is 0 Å². The van der Waals surface area contributed by atoms with Crippen LogP contribution in [0.15, 0.2) is 29.6 Å². The van der Waals surface area contributed by atoms with E-state index in [0.29, 0.717) is 11.5 Å². The fraction of sp³-hybridized carbons (Fsp3) is 0.200. The van der Waals surface area contributed by atoms with Crippen LogP contribution in [0.4, 0.5) is 5.69 Å². The van der Waals surface area contributed by atoms with Gasteiger partial charge < -0.3 is 4.98 Å². The Hall–Kier alpha value is -1.89. The fourth-order valence-corrected chi connectivity index (χ4v) is 2.29. The molecule has 0 amide bonds. The normalized spacial score (nSPS) is 11.4. The third-order valence-corrected chi connectivity index (χ3v) is 3.42. The number of aromatic nitrogens is 3. The van der Waals surface area contributed by atoms with Crippen LogP contribution in [0, 0.1) is 13.8 Å². The molecule has 0 aliphatic carbocycles. The third kappa shape index (κ3) is 2.62. The average molecular weight is 252 g/mol. The van der Waals surface area contributed by atoms with Crippen LogP contribution in [0.2, 0.25) is 0 Å². The molecule has 0 atom stereocenters. The summed E-state index contributed by atoms with van der Waals surface area (Å²) in [6.45, 7) is 3.52. The summed E-state index contributed by atoms with van der Waals surface area (Å²) in [5, 5.41) is 0.0376. The minimum Gasteiger partial charge on any atom is -0.332 e. The summed E-state index contributed by atoms with van der Waals surface area (Å²) in [5.41, 5.74) is 1.24. The number of hydrogen-bond acceptors (Lipinski definition) is 4. The smallest absolute Gasteiger partial charge is 0.279 e. The predicted octanol–water partition coefficient (Wildman–Crippen LogP) is 1.22. The van der Waals surface area contributed by atoms with Gasteiger partial charge in [-0.2, -0.15) is 8.42 Å². The summed E-state index contributed by atoms with van der Waals surface area (Å²) in [5.74, 6) is 0.549. The quantitative estimate of drug-likeness (QED) is 0.859. The van der Waals surface area contributed by atoms with Gasteiger partial charge in [0.2, 0.25) is 0 Å². The van der Waals surface area contributed by atoms with Gasteiger partial charge in [0, 0.05) is 5.69 Å². The van der Waals surface area contributed by atoms with Crippen molar-refractivity contribution in [2.24, 2.45) is 0 Å². The lowest BCUT2D eigenvalue weighted by Crippen LogP contribution is -2.13. The van der Waals surface area contributed by atoms with Crippen molar-refractivity contribution in [3.8, 4) is 0 Å². The predicted molar refractivity (Wildman–Crippen MR) is 63.1 cm³/mol. The maximum Gasteiger partial charge on any atom is 0.279 e. The Morgan fingerprint density at radius 3 is 2.47 bits per heavy atom. The number of sulfonamides is 1. The van der Waals surface area contributed by atoms with E-state index in [9.17, 15) is 8.42 Å². The molecule has 0 fully saturated rings. The number of hydrogen-bond donors (Lipinski definition) is 2. The number of nitrogens with zero attached hydrogens (tertiary/aromatic N) is 2. The molecule has 0 saturated carbocycles. The number of pyridine rings is 1. The number of aryl methyl sites for hydroxylation is 2. The van der Waals surface area contributed by atoms with Crippen LogP contribution >= 0.6 is 0 Å². The average Bonchev–Trinajstić information content (AvgIpc) is 2.69. The van der Waals surface area contributed by atoms with Crippen LogP contribution in [-0.2, 0) is 10.0 Å². The minimum atomic E-state index is -3.61. The Kier molecular flexibility index (Phi) is 2.84. The third-order valence-electron chi connectivity index (χ3n) is 2.13. The van der Waals surface area contributed by atoms with Gasteiger partial charge in [-0.15, -0.1) is 0 Å². The highest BCUT2D eigenvalue weighted by Crippen LogP contribution is 2.13. The second-order valence-corrected chi connectivity index (χ2v) is 5.28. The van der Waals surface area contributed by atoms with Crippen LogP contribution in [0.3, 0.4) is 0 Å². The molecule has 2 heterocycles. The molecule has 0 saturated heterocycles. The van der Waals surface area contributed by atoms with E-state index in [1.165, 1.54) is 12.4 Å². The number of imidazole rings is 1. The van der Waals surface area contributed by atoms with Crippen LogP contribution in [-0.4, -0.2) is 23.4 Å². The Morgan fingerprint density at radius 1 is 1.18 bits per heavy atom. The summed E-state index contributed by atoms with van der Waals surface area (Å²) in [6, 6.07) is 3.39. The highest BCUT2D eigenvalue weighted by Gasteiger charge is 2.16. The van der Waals surface area contributed by atoms with E-state index in [1.54, 1.807) is 19.1 Å². The zero-order valence-corrected chi connectivity index (χ0v) is 10.2. The Labute approximate surface area is 99.2 Å². The lowest BCUT2D eigenvalue weighted by molar-refractivity contribution is 0.598. The SMILES string of the molecule is Cc1ccc(NS(=O)(=O)c2cnc(C)[nH]2)cn1. The molecule has 0 bridgehead atoms. The summed E-state index contributed by atoms with van der Waals surface area (Å²) in [7, 11) is -3.61. The lowest BCUT2D eigenvalue weighted by Gasteiger charge is -2.05. The molecule has 0 aliphatic rings. The summed E-state index contributed by atoms with van der Waals surface area (Å²) >= 11 is 0. The van der Waals surface area contributed by atoms with Gasteiger partial charge in [-0.05, 0) is 26.0 Å². The van der Waals surface area contributed by atoms with Gasteiger partial charge in [-0.3, -0.25) is 9.71 Å². The van der Waals surface area contributed by atoms with Crippen LogP contribution in [0.25, 0.3) is 0 Å². The van der Waals surface area contributed by atoms with E-state index in [4.69, 9.17) is 0 Å². The van der Waals surface area contributed by atoms with Gasteiger partial charge in [-0.1, -0.05) is 0 Å². The molecular weight excluding hydrogens is 240 g/mol. The highest BCUT2D eigenvalue weighted by molar-refractivity contribution is 7.92. The van der Waals surface area contributed by atoms with Crippen molar-refractivity contribution >= 4 is 15.7 Å². The first kappa shape index (κ1) is 11.6. The van der Waals surface area contributed by atoms with E-state index < -0.39 is 10.0 Å². The van der Waals surface area contributed by atoms with Gasteiger partial charge in [0.05, 0.1) is 18.1 Å². The van der Waals surface area contributed by atoms with E-state index in [2.05, 4.69) is 19.7 Å². The van der Waals surface area contributed by atoms with Gasteiger partial charge >= 0.3 is 0 Å². The first-order chi connectivity index (χ1) is 7.97. The molecule has 7 heteroatoms. The molecule has 0 unspecified atom stereocenters. The second kappa shape index (κ2) is 4.17. The van der Waals surface area contributed by atoms with Crippen LogP contribution in [0.5, 0.6) is 0 Å². The minimum absolute atomic E-state index is 0.0376. The molecule has 17 heavy (non-hydrogen) atoms. The standard InChI is InChI=1S/C10H12N4O2S/c1-7-3-4-9(5-11-7)14-17(15,16)10-6-12-8(2)13-10/h3-6,14H,1-2H3,(H,12,13). The van der Waals surface area contributed by atoms with Crippen molar-refractivity contribution in [1.82, 2.24) is 15.0 Å². The number of rotatable bonds is 3. The van der Waals surface area contributed by atoms with E-state index >= 15 is 0 Å². The Balaban J connectivity index is 2.26. The van der Waals surface area contributed by atoms with Gasteiger partial charge in [0.15, 0.2) is 5.03 Å². The molecule has 0 radical (unpaired) electrons. The number of aromatic amines is 1. The molecule has 0 aromatic carbocycles. The first-order valence-corrected chi connectivity index (χ1v) is 6.43. The van der Waals surface area contributed by atoms with Crippen LogP contribution in [0.1, 0.15) is 11.5 Å². The van der Waals surface area contributed by atoms with Crippen molar-refractivity contribution in [3.05, 3.63) is 36.0 Å². The fourth-order valence-electron chi connectivity index (χ4n) is 1.27. The zero-order valence-electron chi connectivity index (χ0n) is 9.43. The zero-order chi connectivity index (χ0) is 12.5. The molecular formula is C10H12N4O2S. The number of nitrogens with one attached hydrogen (secondary N) is 2. The number of H-pyrrole nitrogens is 1. The van der Waals surface area contributed by atoms with Gasteiger partial charge in [0.1, 0.15) is 5.82 Å². The van der Waals surface area contributed by atoms with Crippen molar-refractivity contribution in [2.75, 3.05) is 4.72 Å². The molecule has 90 valence electrons. The molecule has 0 aliphatic heterocycles. The summed E-state index contributed by atoms with van der Waals surface area (Å²) in [6.07, 6.45) is 2.75. The van der Waals surface area contributed by atoms with Gasteiger partial charge in [-0.25, -0.2) is 4.98 Å². The summed E-state index contributed by atoms with van der Waals surface area (Å²) in [4.78, 5) is 10.5. The van der Waals surface area contributed by atoms with E-state index in [0.717, 1.165) is 5.69 Å². The molecule has 2 N–H and O–H groups in total. The van der Waals surface area contributed by atoms with E-state index in [-0.39, 0.29) is 5.03 Å². The molecule has 2 rings (SSSR count). The van der Waals surface area contributed by atoms with Crippen molar-refractivity contribution in [2.45, 2.75) is 18.9 Å². The topological polar surface area (TPSA) is 87.7 Å². The maximum atomic E-state index is 11.9. The molecule has 0 spiro atoms. The monoisotopic (exact) mass is 252 g/mol. The largest absolute Gasteiger partial charge is 0.332 e. The Bertz CT molecular complexity index is 616. The molecule has 2 aromatic heterocycles.